The number of amides is 1. The number of carbonyl (C=O) groups excluding carboxylic acids is 1. The molecule has 1 saturated heterocycles. The molecule has 7 unspecified atom stereocenters. The Morgan fingerprint density at radius 2 is 0.937 bits per heavy atom. The molecule has 0 aromatic heterocycles. The maximum Gasteiger partial charge on any atom is 0.220 e. The average molecular weight is 894 g/mol. The molecule has 1 rings (SSSR count). The van der Waals surface area contributed by atoms with Crippen LogP contribution in [0.2, 0.25) is 0 Å². The largest absolute Gasteiger partial charge is 0.394 e. The quantitative estimate of drug-likeness (QED) is 0.0261. The van der Waals surface area contributed by atoms with Gasteiger partial charge in [-0.25, -0.2) is 0 Å². The van der Waals surface area contributed by atoms with Crippen molar-refractivity contribution in [3.8, 4) is 0 Å². The number of aliphatic hydroxyl groups excluding tert-OH is 5. The summed E-state index contributed by atoms with van der Waals surface area (Å²) < 4.78 is 11.2. The standard InChI is InChI=1S/C54H103NO8/c1-3-5-7-9-11-12-13-14-15-16-17-18-19-20-21-22-23-24-25-26-27-28-29-30-31-32-33-34-35-36-38-40-42-44-50(58)55-47(48(57)43-41-39-37-10-8-6-4-2)46-62-54-53(61)52(60)51(59)49(45-56)63-54/h13-14,16-17,47-49,51-54,56-57,59-61H,3-12,15,18-46H2,1-2H3,(H,55,58)/b14-13-,17-16-. The second kappa shape index (κ2) is 44.5. The molecule has 0 saturated carbocycles. The minimum Gasteiger partial charge on any atom is -0.394 e. The number of hydrogen-bond acceptors (Lipinski definition) is 8. The van der Waals surface area contributed by atoms with Gasteiger partial charge < -0.3 is 40.3 Å². The Morgan fingerprint density at radius 3 is 1.37 bits per heavy atom. The van der Waals surface area contributed by atoms with Gasteiger partial charge >= 0.3 is 0 Å². The van der Waals surface area contributed by atoms with Crippen LogP contribution in [0, 0.1) is 0 Å². The van der Waals surface area contributed by atoms with E-state index >= 15 is 0 Å². The molecule has 1 amide bonds. The smallest absolute Gasteiger partial charge is 0.220 e. The molecular weight excluding hydrogens is 791 g/mol. The minimum atomic E-state index is -1.55. The highest BCUT2D eigenvalue weighted by molar-refractivity contribution is 5.76. The fraction of sp³-hybridized carbons (Fsp3) is 0.907. The number of nitrogens with one attached hydrogen (secondary N) is 1. The minimum absolute atomic E-state index is 0.135. The van der Waals surface area contributed by atoms with E-state index in [1.165, 1.54) is 186 Å². The molecule has 1 aliphatic rings. The van der Waals surface area contributed by atoms with Gasteiger partial charge in [0.1, 0.15) is 24.4 Å². The molecule has 0 aromatic rings. The Hall–Kier alpha value is -1.33. The van der Waals surface area contributed by atoms with E-state index in [2.05, 4.69) is 43.5 Å². The lowest BCUT2D eigenvalue weighted by Crippen LogP contribution is -2.60. The van der Waals surface area contributed by atoms with Crippen molar-refractivity contribution in [2.24, 2.45) is 0 Å². The Balaban J connectivity index is 2.02. The van der Waals surface area contributed by atoms with Gasteiger partial charge in [0.05, 0.1) is 25.4 Å². The van der Waals surface area contributed by atoms with Crippen LogP contribution in [0.3, 0.4) is 0 Å². The van der Waals surface area contributed by atoms with Crippen LogP contribution in [0.4, 0.5) is 0 Å². The molecule has 1 heterocycles. The van der Waals surface area contributed by atoms with E-state index in [0.717, 1.165) is 44.9 Å². The van der Waals surface area contributed by atoms with Crippen LogP contribution in [0.15, 0.2) is 24.3 Å². The molecule has 1 aliphatic heterocycles. The van der Waals surface area contributed by atoms with Crippen molar-refractivity contribution in [3.05, 3.63) is 24.3 Å². The number of aliphatic hydroxyl groups is 5. The van der Waals surface area contributed by atoms with Crippen molar-refractivity contribution in [1.29, 1.82) is 0 Å². The van der Waals surface area contributed by atoms with Gasteiger partial charge in [-0.1, -0.05) is 231 Å². The molecule has 0 aromatic carbocycles. The number of carbonyl (C=O) groups is 1. The first-order valence-corrected chi connectivity index (χ1v) is 27.0. The zero-order valence-corrected chi connectivity index (χ0v) is 41.1. The van der Waals surface area contributed by atoms with E-state index in [-0.39, 0.29) is 12.5 Å². The van der Waals surface area contributed by atoms with Gasteiger partial charge in [-0.05, 0) is 44.9 Å². The van der Waals surface area contributed by atoms with E-state index in [0.29, 0.717) is 12.8 Å². The summed E-state index contributed by atoms with van der Waals surface area (Å²) in [5.41, 5.74) is 0. The fourth-order valence-corrected chi connectivity index (χ4v) is 8.72. The normalized spacial score (nSPS) is 20.3. The van der Waals surface area contributed by atoms with Crippen molar-refractivity contribution >= 4 is 5.91 Å². The van der Waals surface area contributed by atoms with Crippen molar-refractivity contribution in [1.82, 2.24) is 5.32 Å². The lowest BCUT2D eigenvalue weighted by atomic mass is 9.99. The Labute approximate surface area is 388 Å². The topological polar surface area (TPSA) is 149 Å². The number of allylic oxidation sites excluding steroid dienone is 4. The molecule has 372 valence electrons. The molecule has 0 spiro atoms. The first-order valence-electron chi connectivity index (χ1n) is 27.0. The first-order chi connectivity index (χ1) is 30.8. The van der Waals surface area contributed by atoms with Gasteiger partial charge in [-0.3, -0.25) is 4.79 Å². The molecular formula is C54H103NO8. The van der Waals surface area contributed by atoms with E-state index in [4.69, 9.17) is 9.47 Å². The van der Waals surface area contributed by atoms with E-state index < -0.39 is 49.5 Å². The predicted octanol–water partition coefficient (Wildman–Crippen LogP) is 12.6. The summed E-state index contributed by atoms with van der Waals surface area (Å²) in [6.07, 6.45) is 48.2. The van der Waals surface area contributed by atoms with Gasteiger partial charge in [0.2, 0.25) is 5.91 Å². The van der Waals surface area contributed by atoms with Crippen LogP contribution in [-0.2, 0) is 14.3 Å². The molecule has 0 aliphatic carbocycles. The maximum absolute atomic E-state index is 12.9. The summed E-state index contributed by atoms with van der Waals surface area (Å²) in [7, 11) is 0. The lowest BCUT2D eigenvalue weighted by Gasteiger charge is -2.40. The van der Waals surface area contributed by atoms with Gasteiger partial charge in [0.25, 0.3) is 0 Å². The third-order valence-electron chi connectivity index (χ3n) is 13.1. The molecule has 7 atom stereocenters. The van der Waals surface area contributed by atoms with Crippen molar-refractivity contribution in [3.63, 3.8) is 0 Å². The summed E-state index contributed by atoms with van der Waals surface area (Å²) in [5.74, 6) is -0.145. The predicted molar refractivity (Wildman–Crippen MR) is 263 cm³/mol. The average Bonchev–Trinajstić information content (AvgIpc) is 3.28. The molecule has 0 radical (unpaired) electrons. The molecule has 6 N–H and O–H groups in total. The second-order valence-electron chi connectivity index (χ2n) is 19.0. The van der Waals surface area contributed by atoms with Crippen LogP contribution in [0.1, 0.15) is 258 Å². The van der Waals surface area contributed by atoms with Crippen molar-refractivity contribution in [2.75, 3.05) is 13.2 Å². The zero-order valence-electron chi connectivity index (χ0n) is 41.1. The lowest BCUT2D eigenvalue weighted by molar-refractivity contribution is -0.302. The van der Waals surface area contributed by atoms with E-state index in [1.54, 1.807) is 0 Å². The highest BCUT2D eigenvalue weighted by atomic mass is 16.7. The second-order valence-corrected chi connectivity index (χ2v) is 19.0. The van der Waals surface area contributed by atoms with Gasteiger partial charge in [-0.2, -0.15) is 0 Å². The van der Waals surface area contributed by atoms with Crippen LogP contribution in [0.5, 0.6) is 0 Å². The molecule has 63 heavy (non-hydrogen) atoms. The SMILES string of the molecule is CCCCCCC/C=C\C/C=C\CCCCCCCCCCCCCCCCCCCCCCCC(=O)NC(COC1OC(CO)C(O)C(O)C1O)C(O)CCCCCCCCC. The molecule has 0 bridgehead atoms. The summed E-state index contributed by atoms with van der Waals surface area (Å²) in [5, 5.41) is 54.2. The Kier molecular flexibility index (Phi) is 42.2. The van der Waals surface area contributed by atoms with Crippen LogP contribution >= 0.6 is 0 Å². The zero-order chi connectivity index (χ0) is 45.9. The Bertz CT molecular complexity index is 1040. The number of hydrogen-bond donors (Lipinski definition) is 6. The first kappa shape index (κ1) is 59.7. The number of unbranched alkanes of at least 4 members (excludes halogenated alkanes) is 32. The maximum atomic E-state index is 12.9. The highest BCUT2D eigenvalue weighted by Gasteiger charge is 2.44. The third-order valence-corrected chi connectivity index (χ3v) is 13.1. The number of ether oxygens (including phenoxy) is 2. The highest BCUT2D eigenvalue weighted by Crippen LogP contribution is 2.23. The van der Waals surface area contributed by atoms with Crippen LogP contribution in [0.25, 0.3) is 0 Å². The van der Waals surface area contributed by atoms with Gasteiger partial charge in [-0.15, -0.1) is 0 Å². The van der Waals surface area contributed by atoms with Crippen LogP contribution < -0.4 is 5.32 Å². The van der Waals surface area contributed by atoms with E-state index in [9.17, 15) is 30.3 Å². The fourth-order valence-electron chi connectivity index (χ4n) is 8.72. The third kappa shape index (κ3) is 34.6. The molecule has 1 fully saturated rings. The Morgan fingerprint density at radius 1 is 0.540 bits per heavy atom. The van der Waals surface area contributed by atoms with Crippen molar-refractivity contribution < 1.29 is 39.8 Å². The molecule has 9 heteroatoms. The van der Waals surface area contributed by atoms with E-state index in [1.807, 2.05) is 0 Å². The van der Waals surface area contributed by atoms with Gasteiger partial charge in [0, 0.05) is 6.42 Å². The summed E-state index contributed by atoms with van der Waals surface area (Å²) in [6, 6.07) is -0.712. The summed E-state index contributed by atoms with van der Waals surface area (Å²) in [6.45, 7) is 3.79. The van der Waals surface area contributed by atoms with Crippen LogP contribution in [-0.4, -0.2) is 87.5 Å². The molecule has 9 nitrogen and oxygen atoms in total. The van der Waals surface area contributed by atoms with Gasteiger partial charge in [0.15, 0.2) is 6.29 Å². The summed E-state index contributed by atoms with van der Waals surface area (Å²) >= 11 is 0. The van der Waals surface area contributed by atoms with Crippen molar-refractivity contribution in [2.45, 2.75) is 301 Å². The monoisotopic (exact) mass is 894 g/mol. The summed E-state index contributed by atoms with van der Waals surface area (Å²) in [4.78, 5) is 12.9. The number of rotatable bonds is 46.